The first-order chi connectivity index (χ1) is 20.7. The number of nitrogens with zero attached hydrogens (tertiary/aromatic N) is 3. The number of furan rings is 1. The number of rotatable bonds is 9. The third-order valence-corrected chi connectivity index (χ3v) is 7.82. The quantitative estimate of drug-likeness (QED) is 0.153. The molecule has 1 aliphatic rings. The molecule has 2 aromatic carbocycles. The Morgan fingerprint density at radius 3 is 2.60 bits per heavy atom. The number of nitro groups is 1. The van der Waals surface area contributed by atoms with E-state index in [2.05, 4.69) is 4.99 Å². The van der Waals surface area contributed by atoms with Gasteiger partial charge in [0.2, 0.25) is 0 Å². The molecule has 0 N–H and O–H groups in total. The number of ether oxygens (including phenoxy) is 3. The van der Waals surface area contributed by atoms with E-state index in [1.807, 2.05) is 6.92 Å². The highest BCUT2D eigenvalue weighted by atomic mass is 32.1. The number of fused-ring (bicyclic) bond motifs is 1. The first kappa shape index (κ1) is 29.5. The number of thiazole rings is 1. The number of allylic oxidation sites excluding steroid dienone is 1. The summed E-state index contributed by atoms with van der Waals surface area (Å²) in [6.45, 7) is 7.58. The third-order valence-electron chi connectivity index (χ3n) is 6.84. The number of methoxy groups -OCH3 is 1. The van der Waals surface area contributed by atoms with Crippen molar-refractivity contribution in [3.8, 4) is 22.8 Å². The predicted molar refractivity (Wildman–Crippen MR) is 160 cm³/mol. The second-order valence-electron chi connectivity index (χ2n) is 9.63. The second kappa shape index (κ2) is 12.1. The number of hydrogen-bond acceptors (Lipinski definition) is 10. The molecule has 1 unspecified atom stereocenters. The van der Waals surface area contributed by atoms with Gasteiger partial charge in [-0.05, 0) is 69.2 Å². The van der Waals surface area contributed by atoms with Gasteiger partial charge in [0.25, 0.3) is 11.2 Å². The number of benzene rings is 2. The van der Waals surface area contributed by atoms with Crippen molar-refractivity contribution in [3.05, 3.63) is 106 Å². The number of carbonyl (C=O) groups is 1. The Morgan fingerprint density at radius 2 is 1.91 bits per heavy atom. The van der Waals surface area contributed by atoms with Gasteiger partial charge < -0.3 is 18.6 Å². The lowest BCUT2D eigenvalue weighted by Gasteiger charge is -2.25. The molecule has 222 valence electrons. The van der Waals surface area contributed by atoms with Crippen LogP contribution in [0.4, 0.5) is 5.69 Å². The van der Waals surface area contributed by atoms with Crippen LogP contribution < -0.4 is 24.4 Å². The zero-order chi connectivity index (χ0) is 30.8. The van der Waals surface area contributed by atoms with Crippen LogP contribution in [0.2, 0.25) is 0 Å². The van der Waals surface area contributed by atoms with Gasteiger partial charge >= 0.3 is 5.97 Å². The Labute approximate surface area is 250 Å². The minimum Gasteiger partial charge on any atom is -0.493 e. The molecule has 12 heteroatoms. The summed E-state index contributed by atoms with van der Waals surface area (Å²) >= 11 is 1.14. The Morgan fingerprint density at radius 1 is 1.12 bits per heavy atom. The van der Waals surface area contributed by atoms with Crippen molar-refractivity contribution in [2.24, 2.45) is 4.99 Å². The van der Waals surface area contributed by atoms with Crippen LogP contribution in [0.15, 0.2) is 74.0 Å². The van der Waals surface area contributed by atoms with Gasteiger partial charge in [0.15, 0.2) is 16.3 Å². The number of aryl methyl sites for hydroxylation is 1. The molecule has 0 fully saturated rings. The molecule has 4 aromatic rings. The summed E-state index contributed by atoms with van der Waals surface area (Å²) in [7, 11) is 1.53. The van der Waals surface area contributed by atoms with Crippen LogP contribution in [0, 0.1) is 17.0 Å². The van der Waals surface area contributed by atoms with E-state index in [9.17, 15) is 19.7 Å². The van der Waals surface area contributed by atoms with Crippen molar-refractivity contribution in [1.82, 2.24) is 4.57 Å². The maximum Gasteiger partial charge on any atom is 0.338 e. The van der Waals surface area contributed by atoms with Crippen LogP contribution in [-0.2, 0) is 9.53 Å². The zero-order valence-corrected chi connectivity index (χ0v) is 25.0. The molecule has 0 saturated heterocycles. The first-order valence-electron chi connectivity index (χ1n) is 13.5. The molecule has 0 bridgehead atoms. The number of nitro benzene ring substituents is 1. The largest absolute Gasteiger partial charge is 0.493 e. The van der Waals surface area contributed by atoms with Crippen molar-refractivity contribution < 1.29 is 28.3 Å². The van der Waals surface area contributed by atoms with Crippen molar-refractivity contribution in [3.63, 3.8) is 0 Å². The Hall–Kier alpha value is -4.97. The topological polar surface area (TPSA) is 135 Å². The highest BCUT2D eigenvalue weighted by Crippen LogP contribution is 2.36. The summed E-state index contributed by atoms with van der Waals surface area (Å²) in [6.07, 6.45) is 1.56. The smallest absolute Gasteiger partial charge is 0.338 e. The predicted octanol–water partition coefficient (Wildman–Crippen LogP) is 4.68. The molecule has 11 nitrogen and oxygen atoms in total. The lowest BCUT2D eigenvalue weighted by molar-refractivity contribution is -0.384. The number of carbonyl (C=O) groups excluding carboxylic acids is 1. The van der Waals surface area contributed by atoms with Gasteiger partial charge in [-0.15, -0.1) is 0 Å². The van der Waals surface area contributed by atoms with E-state index in [0.29, 0.717) is 55.8 Å². The molecule has 5 rings (SSSR count). The monoisotopic (exact) mass is 603 g/mol. The van der Waals surface area contributed by atoms with E-state index >= 15 is 0 Å². The lowest BCUT2D eigenvalue weighted by atomic mass is 9.95. The molecule has 0 saturated carbocycles. The average molecular weight is 604 g/mol. The second-order valence-corrected chi connectivity index (χ2v) is 10.6. The van der Waals surface area contributed by atoms with Crippen LogP contribution in [0.5, 0.6) is 11.5 Å². The van der Waals surface area contributed by atoms with E-state index in [1.165, 1.54) is 17.7 Å². The molecule has 43 heavy (non-hydrogen) atoms. The van der Waals surface area contributed by atoms with E-state index in [-0.39, 0.29) is 17.9 Å². The van der Waals surface area contributed by atoms with Crippen molar-refractivity contribution in [1.29, 1.82) is 0 Å². The fraction of sp³-hybridized carbons (Fsp3) is 0.258. The highest BCUT2D eigenvalue weighted by molar-refractivity contribution is 7.07. The Bertz CT molecular complexity index is 1950. The summed E-state index contributed by atoms with van der Waals surface area (Å²) in [5.41, 5.74) is 1.89. The van der Waals surface area contributed by atoms with Crippen molar-refractivity contribution in [2.75, 3.05) is 20.3 Å². The van der Waals surface area contributed by atoms with E-state index < -0.39 is 22.5 Å². The Balaban J connectivity index is 1.65. The van der Waals surface area contributed by atoms with Gasteiger partial charge in [-0.1, -0.05) is 23.5 Å². The van der Waals surface area contributed by atoms with Gasteiger partial charge in [-0.2, -0.15) is 0 Å². The summed E-state index contributed by atoms with van der Waals surface area (Å²) < 4.78 is 24.3. The van der Waals surface area contributed by atoms with Gasteiger partial charge in [0.05, 0.1) is 52.7 Å². The first-order valence-corrected chi connectivity index (χ1v) is 14.3. The molecule has 0 aliphatic carbocycles. The van der Waals surface area contributed by atoms with Crippen molar-refractivity contribution in [2.45, 2.75) is 33.7 Å². The van der Waals surface area contributed by atoms with Crippen molar-refractivity contribution >= 4 is 29.1 Å². The average Bonchev–Trinajstić information content (AvgIpc) is 3.56. The molecule has 3 heterocycles. The summed E-state index contributed by atoms with van der Waals surface area (Å²) in [4.78, 5) is 43.3. The van der Waals surface area contributed by atoms with Crippen LogP contribution in [0.3, 0.4) is 0 Å². The van der Waals surface area contributed by atoms with Crippen LogP contribution in [0.1, 0.15) is 43.7 Å². The number of aromatic nitrogens is 1. The Kier molecular flexibility index (Phi) is 8.31. The number of esters is 1. The van der Waals surface area contributed by atoms with Gasteiger partial charge in [-0.25, -0.2) is 9.79 Å². The fourth-order valence-electron chi connectivity index (χ4n) is 4.94. The lowest BCUT2D eigenvalue weighted by Crippen LogP contribution is -2.39. The van der Waals surface area contributed by atoms with Gasteiger partial charge in [0.1, 0.15) is 11.5 Å². The SMILES string of the molecule is CCOC(=O)C1=C(C)N=c2s/c(=C\c3ccc(-c4ccc(C)cc4[N+](=O)[O-])o3)c(=O)n2C1c1ccc(OC)c(OCC)c1. The fourth-order valence-corrected chi connectivity index (χ4v) is 5.97. The molecule has 2 aromatic heterocycles. The minimum atomic E-state index is -0.843. The summed E-state index contributed by atoms with van der Waals surface area (Å²) in [6, 6.07) is 12.5. The van der Waals surface area contributed by atoms with Crippen LogP contribution in [-0.4, -0.2) is 35.8 Å². The maximum absolute atomic E-state index is 13.9. The highest BCUT2D eigenvalue weighted by Gasteiger charge is 2.34. The van der Waals surface area contributed by atoms with Gasteiger partial charge in [0, 0.05) is 12.1 Å². The van der Waals surface area contributed by atoms with E-state index in [4.69, 9.17) is 18.6 Å². The summed E-state index contributed by atoms with van der Waals surface area (Å²) in [5.74, 6) is 1.03. The number of hydrogen-bond donors (Lipinski definition) is 0. The standard InChI is InChI=1S/C31H29N3O8S/c1-6-40-25-15-19(9-12-24(25)39-5)28-27(30(36)41-7-2)18(4)32-31-33(28)29(35)26(43-31)16-20-10-13-23(42-20)21-11-8-17(3)14-22(21)34(37)38/h8-16,28H,6-7H2,1-5H3/b26-16-. The minimum absolute atomic E-state index is 0.0758. The van der Waals surface area contributed by atoms with Gasteiger partial charge in [-0.3, -0.25) is 19.5 Å². The van der Waals surface area contributed by atoms with Crippen LogP contribution >= 0.6 is 11.3 Å². The van der Waals surface area contributed by atoms with E-state index in [1.54, 1.807) is 69.3 Å². The molecule has 0 spiro atoms. The molecular formula is C31H29N3O8S. The van der Waals surface area contributed by atoms with E-state index in [0.717, 1.165) is 16.9 Å². The summed E-state index contributed by atoms with van der Waals surface area (Å²) in [5, 5.41) is 11.6. The molecule has 0 amide bonds. The molecule has 0 radical (unpaired) electrons. The molecule has 1 aliphatic heterocycles. The maximum atomic E-state index is 13.9. The normalized spacial score (nSPS) is 14.7. The molecule has 1 atom stereocenters. The molecular weight excluding hydrogens is 574 g/mol. The van der Waals surface area contributed by atoms with Crippen LogP contribution in [0.25, 0.3) is 17.4 Å². The zero-order valence-electron chi connectivity index (χ0n) is 24.2. The third kappa shape index (κ3) is 5.61.